The van der Waals surface area contributed by atoms with Gasteiger partial charge in [0.25, 0.3) is 5.91 Å². The molecular formula is C21H22ClN3O2. The van der Waals surface area contributed by atoms with Crippen LogP contribution in [0.1, 0.15) is 31.7 Å². The van der Waals surface area contributed by atoms with Gasteiger partial charge in [0.05, 0.1) is 23.0 Å². The van der Waals surface area contributed by atoms with Crippen molar-refractivity contribution in [1.82, 2.24) is 0 Å². The van der Waals surface area contributed by atoms with E-state index in [1.807, 2.05) is 12.1 Å². The van der Waals surface area contributed by atoms with Gasteiger partial charge in [0.1, 0.15) is 5.75 Å². The zero-order chi connectivity index (χ0) is 19.2. The van der Waals surface area contributed by atoms with Crippen molar-refractivity contribution in [1.29, 1.82) is 5.26 Å². The summed E-state index contributed by atoms with van der Waals surface area (Å²) in [6.45, 7) is 3.64. The summed E-state index contributed by atoms with van der Waals surface area (Å²) in [5, 5.41) is 12.4. The number of carbonyl (C=O) groups excluding carboxylic acids is 1. The highest BCUT2D eigenvalue weighted by Crippen LogP contribution is 2.31. The Morgan fingerprint density at radius 3 is 2.56 bits per heavy atom. The molecule has 27 heavy (non-hydrogen) atoms. The molecule has 0 radical (unpaired) electrons. The third kappa shape index (κ3) is 4.93. The summed E-state index contributed by atoms with van der Waals surface area (Å²) in [7, 11) is 0. The molecule has 2 aromatic carbocycles. The Morgan fingerprint density at radius 2 is 1.89 bits per heavy atom. The molecule has 1 amide bonds. The molecular weight excluding hydrogens is 362 g/mol. The number of benzene rings is 2. The number of nitriles is 1. The number of nitrogens with zero attached hydrogens (tertiary/aromatic N) is 2. The molecule has 6 heteroatoms. The Kier molecular flexibility index (Phi) is 6.20. The number of ether oxygens (including phenoxy) is 1. The summed E-state index contributed by atoms with van der Waals surface area (Å²) >= 11 is 6.15. The van der Waals surface area contributed by atoms with Crippen LogP contribution in [0, 0.1) is 11.3 Å². The number of amides is 1. The van der Waals surface area contributed by atoms with Crippen LogP contribution in [0.15, 0.2) is 42.5 Å². The molecule has 0 aliphatic carbocycles. The molecule has 1 heterocycles. The summed E-state index contributed by atoms with van der Waals surface area (Å²) in [5.74, 6) is 0.291. The first-order valence-electron chi connectivity index (χ1n) is 9.09. The maximum absolute atomic E-state index is 12.6. The Hall–Kier alpha value is -2.71. The van der Waals surface area contributed by atoms with Crippen LogP contribution in [-0.2, 0) is 4.79 Å². The monoisotopic (exact) mass is 383 g/mol. The van der Waals surface area contributed by atoms with Crippen LogP contribution in [0.25, 0.3) is 0 Å². The van der Waals surface area contributed by atoms with Crippen molar-refractivity contribution in [3.8, 4) is 11.8 Å². The molecule has 0 spiro atoms. The molecule has 0 saturated carbocycles. The van der Waals surface area contributed by atoms with Gasteiger partial charge >= 0.3 is 0 Å². The second-order valence-electron chi connectivity index (χ2n) is 6.59. The number of piperidine rings is 1. The van der Waals surface area contributed by atoms with Gasteiger partial charge in [-0.3, -0.25) is 4.79 Å². The van der Waals surface area contributed by atoms with E-state index < -0.39 is 6.10 Å². The van der Waals surface area contributed by atoms with Crippen molar-refractivity contribution in [2.24, 2.45) is 0 Å². The molecule has 0 bridgehead atoms. The number of hydrogen-bond acceptors (Lipinski definition) is 4. The molecule has 2 aromatic rings. The SMILES string of the molecule is C[C@H](Oc1ccc(C#N)cc1)C(=O)Nc1cc(Cl)ccc1N1CCCCC1. The largest absolute Gasteiger partial charge is 0.481 e. The zero-order valence-corrected chi connectivity index (χ0v) is 16.0. The molecule has 3 rings (SSSR count). The van der Waals surface area contributed by atoms with E-state index in [1.165, 1.54) is 6.42 Å². The van der Waals surface area contributed by atoms with E-state index in [0.717, 1.165) is 31.6 Å². The molecule has 1 N–H and O–H groups in total. The number of carbonyl (C=O) groups is 1. The first-order chi connectivity index (χ1) is 13.1. The maximum atomic E-state index is 12.6. The molecule has 1 saturated heterocycles. The lowest BCUT2D eigenvalue weighted by Gasteiger charge is -2.31. The summed E-state index contributed by atoms with van der Waals surface area (Å²) in [5.41, 5.74) is 2.23. The van der Waals surface area contributed by atoms with Crippen LogP contribution in [0.2, 0.25) is 5.02 Å². The second kappa shape index (κ2) is 8.79. The van der Waals surface area contributed by atoms with E-state index in [2.05, 4.69) is 16.3 Å². The lowest BCUT2D eigenvalue weighted by Crippen LogP contribution is -2.33. The molecule has 1 fully saturated rings. The van der Waals surface area contributed by atoms with E-state index in [9.17, 15) is 4.79 Å². The van der Waals surface area contributed by atoms with Gasteiger partial charge in [0, 0.05) is 18.1 Å². The molecule has 1 aliphatic rings. The standard InChI is InChI=1S/C21H22ClN3O2/c1-15(27-18-8-5-16(14-23)6-9-18)21(26)24-19-13-17(22)7-10-20(19)25-11-3-2-4-12-25/h5-10,13,15H,2-4,11-12H2,1H3,(H,24,26)/t15-/m0/s1. The normalized spacial score (nSPS) is 14.9. The van der Waals surface area contributed by atoms with E-state index in [4.69, 9.17) is 21.6 Å². The number of anilines is 2. The minimum absolute atomic E-state index is 0.250. The first-order valence-corrected chi connectivity index (χ1v) is 9.47. The van der Waals surface area contributed by atoms with Crippen molar-refractivity contribution in [2.75, 3.05) is 23.3 Å². The van der Waals surface area contributed by atoms with Crippen LogP contribution < -0.4 is 15.0 Å². The van der Waals surface area contributed by atoms with Gasteiger partial charge in [-0.15, -0.1) is 0 Å². The lowest BCUT2D eigenvalue weighted by molar-refractivity contribution is -0.122. The van der Waals surface area contributed by atoms with Crippen LogP contribution in [0.5, 0.6) is 5.75 Å². The highest BCUT2D eigenvalue weighted by molar-refractivity contribution is 6.31. The van der Waals surface area contributed by atoms with Gasteiger partial charge in [-0.1, -0.05) is 11.6 Å². The Labute approximate surface area is 164 Å². The average molecular weight is 384 g/mol. The second-order valence-corrected chi connectivity index (χ2v) is 7.03. The highest BCUT2D eigenvalue weighted by Gasteiger charge is 2.20. The summed E-state index contributed by atoms with van der Waals surface area (Å²) in [4.78, 5) is 14.9. The van der Waals surface area contributed by atoms with Crippen molar-refractivity contribution >= 4 is 28.9 Å². The number of halogens is 1. The summed E-state index contributed by atoms with van der Waals surface area (Å²) < 4.78 is 5.70. The zero-order valence-electron chi connectivity index (χ0n) is 15.2. The van der Waals surface area contributed by atoms with Crippen LogP contribution in [-0.4, -0.2) is 25.1 Å². The maximum Gasteiger partial charge on any atom is 0.265 e. The van der Waals surface area contributed by atoms with Crippen LogP contribution >= 0.6 is 11.6 Å². The van der Waals surface area contributed by atoms with E-state index in [1.54, 1.807) is 37.3 Å². The van der Waals surface area contributed by atoms with Gasteiger partial charge < -0.3 is 15.0 Å². The third-order valence-electron chi connectivity index (χ3n) is 4.58. The summed E-state index contributed by atoms with van der Waals surface area (Å²) in [6, 6.07) is 14.3. The highest BCUT2D eigenvalue weighted by atomic mass is 35.5. The Bertz CT molecular complexity index is 839. The van der Waals surface area contributed by atoms with Gasteiger partial charge in [-0.2, -0.15) is 5.26 Å². The van der Waals surface area contributed by atoms with Gasteiger partial charge in [0.2, 0.25) is 0 Å². The fourth-order valence-electron chi connectivity index (χ4n) is 3.12. The Morgan fingerprint density at radius 1 is 1.19 bits per heavy atom. The molecule has 140 valence electrons. The van der Waals surface area contributed by atoms with Crippen LogP contribution in [0.3, 0.4) is 0 Å². The average Bonchev–Trinajstić information content (AvgIpc) is 2.69. The molecule has 1 aliphatic heterocycles. The van der Waals surface area contributed by atoms with Crippen molar-refractivity contribution < 1.29 is 9.53 Å². The molecule has 1 atom stereocenters. The first kappa shape index (κ1) is 19.1. The van der Waals surface area contributed by atoms with Crippen molar-refractivity contribution in [2.45, 2.75) is 32.3 Å². The fourth-order valence-corrected chi connectivity index (χ4v) is 3.29. The predicted molar refractivity (Wildman–Crippen MR) is 107 cm³/mol. The van der Waals surface area contributed by atoms with Crippen molar-refractivity contribution in [3.63, 3.8) is 0 Å². The minimum atomic E-state index is -0.689. The van der Waals surface area contributed by atoms with Gasteiger partial charge in [0.15, 0.2) is 6.10 Å². The smallest absolute Gasteiger partial charge is 0.265 e. The number of nitrogens with one attached hydrogen (secondary N) is 1. The van der Waals surface area contributed by atoms with Gasteiger partial charge in [-0.05, 0) is 68.7 Å². The van der Waals surface area contributed by atoms with E-state index in [0.29, 0.717) is 22.0 Å². The quantitative estimate of drug-likeness (QED) is 0.818. The van der Waals surface area contributed by atoms with E-state index in [-0.39, 0.29) is 5.91 Å². The topological polar surface area (TPSA) is 65.4 Å². The van der Waals surface area contributed by atoms with Crippen LogP contribution in [0.4, 0.5) is 11.4 Å². The van der Waals surface area contributed by atoms with Gasteiger partial charge in [-0.25, -0.2) is 0 Å². The molecule has 0 unspecified atom stereocenters. The van der Waals surface area contributed by atoms with Crippen molar-refractivity contribution in [3.05, 3.63) is 53.1 Å². The molecule has 5 nitrogen and oxygen atoms in total. The minimum Gasteiger partial charge on any atom is -0.481 e. The fraction of sp³-hybridized carbons (Fsp3) is 0.333. The predicted octanol–water partition coefficient (Wildman–Crippen LogP) is 4.61. The molecule has 0 aromatic heterocycles. The summed E-state index contributed by atoms with van der Waals surface area (Å²) in [6.07, 6.45) is 2.84. The lowest BCUT2D eigenvalue weighted by atomic mass is 10.1. The number of rotatable bonds is 5. The Balaban J connectivity index is 1.70. The van der Waals surface area contributed by atoms with E-state index >= 15 is 0 Å². The third-order valence-corrected chi connectivity index (χ3v) is 4.81. The number of hydrogen-bond donors (Lipinski definition) is 1.